The monoisotopic (exact) mass is 342 g/mol. The summed E-state index contributed by atoms with van der Waals surface area (Å²) in [6.45, 7) is 4.57. The van der Waals surface area contributed by atoms with E-state index in [0.29, 0.717) is 24.1 Å². The molecule has 1 N–H and O–H groups in total. The fraction of sp³-hybridized carbons (Fsp3) is 0.278. The molecule has 0 saturated carbocycles. The normalized spacial score (nSPS) is 10.7. The third-order valence-corrected chi connectivity index (χ3v) is 3.73. The predicted molar refractivity (Wildman–Crippen MR) is 91.3 cm³/mol. The highest BCUT2D eigenvalue weighted by atomic mass is 19.1. The molecular weight excluding hydrogens is 323 g/mol. The van der Waals surface area contributed by atoms with E-state index in [-0.39, 0.29) is 5.82 Å². The third kappa shape index (κ3) is 4.53. The number of halogens is 1. The van der Waals surface area contributed by atoms with Crippen molar-refractivity contribution in [1.29, 1.82) is 0 Å². The number of aryl methyl sites for hydroxylation is 2. The first kappa shape index (κ1) is 16.9. The van der Waals surface area contributed by atoms with Gasteiger partial charge in [0.15, 0.2) is 0 Å². The number of anilines is 1. The Bertz CT molecular complexity index is 814. The van der Waals surface area contributed by atoms with Gasteiger partial charge < -0.3 is 14.6 Å². The Morgan fingerprint density at radius 3 is 2.68 bits per heavy atom. The Kier molecular flexibility index (Phi) is 5.23. The average molecular weight is 342 g/mol. The van der Waals surface area contributed by atoms with Crippen molar-refractivity contribution in [2.24, 2.45) is 0 Å². The molecule has 0 aliphatic carbocycles. The van der Waals surface area contributed by atoms with Crippen LogP contribution in [0.2, 0.25) is 0 Å². The zero-order chi connectivity index (χ0) is 17.6. The lowest BCUT2D eigenvalue weighted by Gasteiger charge is -2.07. The van der Waals surface area contributed by atoms with E-state index in [0.717, 1.165) is 29.9 Å². The number of nitrogens with zero attached hydrogens (tertiary/aromatic N) is 3. The lowest BCUT2D eigenvalue weighted by Crippen LogP contribution is -2.07. The molecular formula is C18H19FN4O2. The number of rotatable bonds is 7. The first-order valence-corrected chi connectivity index (χ1v) is 8.04. The van der Waals surface area contributed by atoms with Crippen molar-refractivity contribution in [2.75, 3.05) is 11.9 Å². The molecule has 0 atom stereocenters. The van der Waals surface area contributed by atoms with Crippen molar-refractivity contribution in [1.82, 2.24) is 15.1 Å². The van der Waals surface area contributed by atoms with Crippen LogP contribution in [-0.4, -0.2) is 21.7 Å². The topological polar surface area (TPSA) is 73.1 Å². The summed E-state index contributed by atoms with van der Waals surface area (Å²) in [6, 6.07) is 7.43. The fourth-order valence-electron chi connectivity index (χ4n) is 2.43. The van der Waals surface area contributed by atoms with Crippen LogP contribution in [0.3, 0.4) is 0 Å². The van der Waals surface area contributed by atoms with E-state index in [1.54, 1.807) is 24.4 Å². The average Bonchev–Trinajstić information content (AvgIpc) is 2.93. The number of hydrogen-bond donors (Lipinski definition) is 1. The summed E-state index contributed by atoms with van der Waals surface area (Å²) >= 11 is 0. The number of benzene rings is 1. The van der Waals surface area contributed by atoms with Gasteiger partial charge in [0.25, 0.3) is 0 Å². The van der Waals surface area contributed by atoms with E-state index in [4.69, 9.17) is 9.26 Å². The van der Waals surface area contributed by atoms with Gasteiger partial charge in [-0.1, -0.05) is 5.16 Å². The van der Waals surface area contributed by atoms with E-state index in [9.17, 15) is 4.39 Å². The van der Waals surface area contributed by atoms with Crippen LogP contribution in [-0.2, 0) is 6.42 Å². The molecule has 25 heavy (non-hydrogen) atoms. The molecule has 0 fully saturated rings. The lowest BCUT2D eigenvalue weighted by molar-refractivity contribution is 0.392. The van der Waals surface area contributed by atoms with Gasteiger partial charge in [-0.05, 0) is 51.0 Å². The van der Waals surface area contributed by atoms with Crippen LogP contribution >= 0.6 is 0 Å². The molecule has 3 aromatic rings. The first-order chi connectivity index (χ1) is 12.1. The maximum atomic E-state index is 12.9. The summed E-state index contributed by atoms with van der Waals surface area (Å²) in [5, 5.41) is 7.12. The molecule has 0 unspecified atom stereocenters. The van der Waals surface area contributed by atoms with Crippen LogP contribution < -0.4 is 10.1 Å². The van der Waals surface area contributed by atoms with Crippen LogP contribution in [0.15, 0.2) is 41.1 Å². The summed E-state index contributed by atoms with van der Waals surface area (Å²) < 4.78 is 23.7. The van der Waals surface area contributed by atoms with E-state index < -0.39 is 0 Å². The Hall–Kier alpha value is -2.96. The smallest absolute Gasteiger partial charge is 0.225 e. The molecule has 6 nitrogen and oxygen atoms in total. The Balaban J connectivity index is 1.52. The highest BCUT2D eigenvalue weighted by molar-refractivity contribution is 5.31. The summed E-state index contributed by atoms with van der Waals surface area (Å²) in [5.41, 5.74) is 2.08. The molecule has 2 aromatic heterocycles. The molecule has 0 aliphatic rings. The standard InChI is InChI=1S/C18H19FN4O2/c1-12-16(13(2)25-23-12)4-3-10-20-18-21-11-9-17(22-18)24-15-7-5-14(19)6-8-15/h5-9,11H,3-4,10H2,1-2H3,(H,20,21,22). The molecule has 0 radical (unpaired) electrons. The van der Waals surface area contributed by atoms with Gasteiger partial charge in [-0.3, -0.25) is 0 Å². The zero-order valence-corrected chi connectivity index (χ0v) is 14.1. The van der Waals surface area contributed by atoms with E-state index in [1.807, 2.05) is 13.8 Å². The Morgan fingerprint density at radius 2 is 1.96 bits per heavy atom. The van der Waals surface area contributed by atoms with Gasteiger partial charge in [-0.25, -0.2) is 9.37 Å². The molecule has 0 saturated heterocycles. The maximum Gasteiger partial charge on any atom is 0.225 e. The SMILES string of the molecule is Cc1noc(C)c1CCCNc1nccc(Oc2ccc(F)cc2)n1. The lowest BCUT2D eigenvalue weighted by atomic mass is 10.1. The van der Waals surface area contributed by atoms with E-state index in [1.165, 1.54) is 12.1 Å². The van der Waals surface area contributed by atoms with Gasteiger partial charge >= 0.3 is 0 Å². The van der Waals surface area contributed by atoms with Gasteiger partial charge in [0, 0.05) is 24.4 Å². The number of ether oxygens (including phenoxy) is 1. The minimum atomic E-state index is -0.310. The molecule has 2 heterocycles. The molecule has 1 aromatic carbocycles. The minimum absolute atomic E-state index is 0.310. The van der Waals surface area contributed by atoms with Crippen molar-refractivity contribution in [3.8, 4) is 11.6 Å². The minimum Gasteiger partial charge on any atom is -0.439 e. The summed E-state index contributed by atoms with van der Waals surface area (Å²) in [5.74, 6) is 1.96. The van der Waals surface area contributed by atoms with Crippen molar-refractivity contribution in [2.45, 2.75) is 26.7 Å². The number of aromatic nitrogens is 3. The molecule has 0 bridgehead atoms. The second-order valence-electron chi connectivity index (χ2n) is 5.61. The highest BCUT2D eigenvalue weighted by Crippen LogP contribution is 2.20. The van der Waals surface area contributed by atoms with Crippen molar-refractivity contribution in [3.05, 3.63) is 59.4 Å². The maximum absolute atomic E-state index is 12.9. The van der Waals surface area contributed by atoms with Crippen LogP contribution in [0, 0.1) is 19.7 Å². The number of hydrogen-bond acceptors (Lipinski definition) is 6. The van der Waals surface area contributed by atoms with Crippen molar-refractivity contribution >= 4 is 5.95 Å². The van der Waals surface area contributed by atoms with Crippen LogP contribution in [0.25, 0.3) is 0 Å². The van der Waals surface area contributed by atoms with Gasteiger partial charge in [0.2, 0.25) is 11.8 Å². The van der Waals surface area contributed by atoms with Crippen LogP contribution in [0.4, 0.5) is 10.3 Å². The number of nitrogens with one attached hydrogen (secondary N) is 1. The molecule has 7 heteroatoms. The third-order valence-electron chi connectivity index (χ3n) is 3.73. The first-order valence-electron chi connectivity index (χ1n) is 8.04. The molecule has 0 amide bonds. The molecule has 130 valence electrons. The van der Waals surface area contributed by atoms with Gasteiger partial charge in [0.05, 0.1) is 5.69 Å². The summed E-state index contributed by atoms with van der Waals surface area (Å²) in [6.07, 6.45) is 3.39. The second-order valence-corrected chi connectivity index (χ2v) is 5.61. The van der Waals surface area contributed by atoms with Crippen molar-refractivity contribution in [3.63, 3.8) is 0 Å². The predicted octanol–water partition coefficient (Wildman–Crippen LogP) is 4.06. The second kappa shape index (κ2) is 7.74. The van der Waals surface area contributed by atoms with Gasteiger partial charge in [0.1, 0.15) is 17.3 Å². The quantitative estimate of drug-likeness (QED) is 0.653. The van der Waals surface area contributed by atoms with Gasteiger partial charge in [-0.15, -0.1) is 0 Å². The zero-order valence-electron chi connectivity index (χ0n) is 14.1. The molecule has 3 rings (SSSR count). The largest absolute Gasteiger partial charge is 0.439 e. The Morgan fingerprint density at radius 1 is 1.16 bits per heavy atom. The van der Waals surface area contributed by atoms with Gasteiger partial charge in [-0.2, -0.15) is 4.98 Å². The molecule has 0 aliphatic heterocycles. The fourth-order valence-corrected chi connectivity index (χ4v) is 2.43. The summed E-state index contributed by atoms with van der Waals surface area (Å²) in [7, 11) is 0. The van der Waals surface area contributed by atoms with Crippen LogP contribution in [0.1, 0.15) is 23.4 Å². The van der Waals surface area contributed by atoms with Crippen LogP contribution in [0.5, 0.6) is 11.6 Å². The highest BCUT2D eigenvalue weighted by Gasteiger charge is 2.08. The van der Waals surface area contributed by atoms with E-state index in [2.05, 4.69) is 20.4 Å². The molecule has 0 spiro atoms. The Labute approximate surface area is 145 Å². The van der Waals surface area contributed by atoms with E-state index >= 15 is 0 Å². The summed E-state index contributed by atoms with van der Waals surface area (Å²) in [4.78, 5) is 8.46. The van der Waals surface area contributed by atoms with Crippen molar-refractivity contribution < 1.29 is 13.7 Å².